The van der Waals surface area contributed by atoms with Crippen LogP contribution in [0.1, 0.15) is 34.5 Å². The molecule has 0 fully saturated rings. The number of hydrogen-bond acceptors (Lipinski definition) is 1. The van der Waals surface area contributed by atoms with Crippen molar-refractivity contribution in [1.82, 2.24) is 4.90 Å². The first-order chi connectivity index (χ1) is 9.50. The molecule has 1 atom stereocenters. The molecule has 0 saturated heterocycles. The van der Waals surface area contributed by atoms with Crippen LogP contribution in [0.3, 0.4) is 0 Å². The van der Waals surface area contributed by atoms with Gasteiger partial charge in [0.15, 0.2) is 0 Å². The highest BCUT2D eigenvalue weighted by Gasteiger charge is 2.20. The lowest BCUT2D eigenvalue weighted by atomic mass is 10.0. The second kappa shape index (κ2) is 6.10. The Labute approximate surface area is 125 Å². The summed E-state index contributed by atoms with van der Waals surface area (Å²) in [5.41, 5.74) is 2.76. The average Bonchev–Trinajstić information content (AvgIpc) is 2.45. The number of amides is 1. The molecule has 2 aromatic rings. The SMILES string of the molecule is Cc1ccccc1C(=O)N(C)C(C)c1cccc(Cl)c1. The minimum absolute atomic E-state index is 0.0237. The van der Waals surface area contributed by atoms with Crippen LogP contribution in [0.4, 0.5) is 0 Å². The fourth-order valence-electron chi connectivity index (χ4n) is 2.17. The summed E-state index contributed by atoms with van der Waals surface area (Å²) in [5.74, 6) is 0.0237. The second-order valence-electron chi connectivity index (χ2n) is 4.96. The lowest BCUT2D eigenvalue weighted by molar-refractivity contribution is 0.0742. The van der Waals surface area contributed by atoms with E-state index in [9.17, 15) is 4.79 Å². The van der Waals surface area contributed by atoms with E-state index in [1.807, 2.05) is 69.4 Å². The number of rotatable bonds is 3. The van der Waals surface area contributed by atoms with Gasteiger partial charge in [0.25, 0.3) is 5.91 Å². The monoisotopic (exact) mass is 287 g/mol. The molecule has 0 aliphatic rings. The minimum Gasteiger partial charge on any atom is -0.335 e. The van der Waals surface area contributed by atoms with Crippen molar-refractivity contribution >= 4 is 17.5 Å². The maximum absolute atomic E-state index is 12.6. The summed E-state index contributed by atoms with van der Waals surface area (Å²) in [7, 11) is 1.82. The summed E-state index contributed by atoms with van der Waals surface area (Å²) in [5, 5.41) is 0.686. The zero-order valence-corrected chi connectivity index (χ0v) is 12.7. The van der Waals surface area contributed by atoms with E-state index in [2.05, 4.69) is 0 Å². The first kappa shape index (κ1) is 14.6. The lowest BCUT2D eigenvalue weighted by Gasteiger charge is -2.26. The molecule has 0 aromatic heterocycles. The molecule has 1 unspecified atom stereocenters. The molecule has 2 nitrogen and oxygen atoms in total. The molecule has 0 spiro atoms. The zero-order chi connectivity index (χ0) is 14.7. The van der Waals surface area contributed by atoms with Gasteiger partial charge in [-0.25, -0.2) is 0 Å². The van der Waals surface area contributed by atoms with Crippen LogP contribution in [0.5, 0.6) is 0 Å². The first-order valence-corrected chi connectivity index (χ1v) is 6.96. The van der Waals surface area contributed by atoms with Gasteiger partial charge in [-0.15, -0.1) is 0 Å². The number of carbonyl (C=O) groups excluding carboxylic acids is 1. The smallest absolute Gasteiger partial charge is 0.254 e. The van der Waals surface area contributed by atoms with Crippen molar-refractivity contribution in [3.8, 4) is 0 Å². The van der Waals surface area contributed by atoms with Gasteiger partial charge in [0.05, 0.1) is 6.04 Å². The van der Waals surface area contributed by atoms with Gasteiger partial charge >= 0.3 is 0 Å². The fourth-order valence-corrected chi connectivity index (χ4v) is 2.37. The molecule has 0 radical (unpaired) electrons. The quantitative estimate of drug-likeness (QED) is 0.815. The number of hydrogen-bond donors (Lipinski definition) is 0. The van der Waals surface area contributed by atoms with E-state index in [1.165, 1.54) is 0 Å². The summed E-state index contributed by atoms with van der Waals surface area (Å²) in [6.45, 7) is 3.95. The molecular weight excluding hydrogens is 270 g/mol. The van der Waals surface area contributed by atoms with E-state index in [0.717, 1.165) is 16.7 Å². The Hall–Kier alpha value is -1.80. The molecule has 0 N–H and O–H groups in total. The van der Waals surface area contributed by atoms with Crippen molar-refractivity contribution < 1.29 is 4.79 Å². The van der Waals surface area contributed by atoms with Gasteiger partial charge in [-0.3, -0.25) is 4.79 Å². The van der Waals surface area contributed by atoms with Gasteiger partial charge in [-0.05, 0) is 43.2 Å². The van der Waals surface area contributed by atoms with Crippen molar-refractivity contribution in [2.75, 3.05) is 7.05 Å². The van der Waals surface area contributed by atoms with E-state index in [4.69, 9.17) is 11.6 Å². The third-order valence-corrected chi connectivity index (χ3v) is 3.84. The van der Waals surface area contributed by atoms with E-state index in [-0.39, 0.29) is 11.9 Å². The second-order valence-corrected chi connectivity index (χ2v) is 5.40. The van der Waals surface area contributed by atoms with Crippen LogP contribution in [0.15, 0.2) is 48.5 Å². The van der Waals surface area contributed by atoms with E-state index in [1.54, 1.807) is 4.90 Å². The van der Waals surface area contributed by atoms with Gasteiger partial charge < -0.3 is 4.90 Å². The minimum atomic E-state index is -0.0270. The normalized spacial score (nSPS) is 12.0. The van der Waals surface area contributed by atoms with Crippen LogP contribution in [0.2, 0.25) is 5.02 Å². The van der Waals surface area contributed by atoms with Crippen LogP contribution in [-0.4, -0.2) is 17.9 Å². The Morgan fingerprint density at radius 2 is 1.85 bits per heavy atom. The standard InChI is InChI=1S/C17H18ClNO/c1-12-7-4-5-10-16(12)17(20)19(3)13(2)14-8-6-9-15(18)11-14/h4-11,13H,1-3H3. The number of benzene rings is 2. The van der Waals surface area contributed by atoms with Gasteiger partial charge in [-0.1, -0.05) is 41.9 Å². The van der Waals surface area contributed by atoms with E-state index in [0.29, 0.717) is 5.02 Å². The van der Waals surface area contributed by atoms with Crippen LogP contribution in [0, 0.1) is 6.92 Å². The van der Waals surface area contributed by atoms with Crippen LogP contribution in [0.25, 0.3) is 0 Å². The van der Waals surface area contributed by atoms with Gasteiger partial charge in [0.1, 0.15) is 0 Å². The number of carbonyl (C=O) groups is 1. The Balaban J connectivity index is 2.25. The van der Waals surface area contributed by atoms with Gasteiger partial charge in [0.2, 0.25) is 0 Å². The Bertz CT molecular complexity index is 624. The maximum atomic E-state index is 12.6. The molecule has 0 aliphatic carbocycles. The zero-order valence-electron chi connectivity index (χ0n) is 11.9. The van der Waals surface area contributed by atoms with Gasteiger partial charge in [0, 0.05) is 17.6 Å². The highest BCUT2D eigenvalue weighted by atomic mass is 35.5. The fraction of sp³-hybridized carbons (Fsp3) is 0.235. The third kappa shape index (κ3) is 3.02. The largest absolute Gasteiger partial charge is 0.335 e. The molecule has 0 bridgehead atoms. The summed E-state index contributed by atoms with van der Waals surface area (Å²) in [6, 6.07) is 15.2. The summed E-state index contributed by atoms with van der Waals surface area (Å²) < 4.78 is 0. The predicted octanol–water partition coefficient (Wildman–Crippen LogP) is 4.48. The van der Waals surface area contributed by atoms with E-state index < -0.39 is 0 Å². The Morgan fingerprint density at radius 3 is 2.50 bits per heavy atom. The molecule has 20 heavy (non-hydrogen) atoms. The molecule has 104 valence electrons. The molecule has 3 heteroatoms. The highest BCUT2D eigenvalue weighted by molar-refractivity contribution is 6.30. The number of nitrogens with zero attached hydrogens (tertiary/aromatic N) is 1. The molecule has 0 heterocycles. The van der Waals surface area contributed by atoms with Gasteiger partial charge in [-0.2, -0.15) is 0 Å². The number of halogens is 1. The Kier molecular flexibility index (Phi) is 4.46. The summed E-state index contributed by atoms with van der Waals surface area (Å²) in [6.07, 6.45) is 0. The maximum Gasteiger partial charge on any atom is 0.254 e. The topological polar surface area (TPSA) is 20.3 Å². The van der Waals surface area contributed by atoms with Crippen LogP contribution >= 0.6 is 11.6 Å². The summed E-state index contributed by atoms with van der Waals surface area (Å²) in [4.78, 5) is 14.3. The molecule has 0 saturated carbocycles. The van der Waals surface area contributed by atoms with Crippen molar-refractivity contribution in [2.45, 2.75) is 19.9 Å². The third-order valence-electron chi connectivity index (χ3n) is 3.61. The first-order valence-electron chi connectivity index (χ1n) is 6.59. The number of aryl methyl sites for hydroxylation is 1. The lowest BCUT2D eigenvalue weighted by Crippen LogP contribution is -2.30. The molecule has 1 amide bonds. The van der Waals surface area contributed by atoms with Crippen molar-refractivity contribution in [3.63, 3.8) is 0 Å². The molecule has 2 rings (SSSR count). The van der Waals surface area contributed by atoms with Crippen LogP contribution < -0.4 is 0 Å². The predicted molar refractivity (Wildman–Crippen MR) is 83.1 cm³/mol. The average molecular weight is 288 g/mol. The summed E-state index contributed by atoms with van der Waals surface area (Å²) >= 11 is 6.01. The van der Waals surface area contributed by atoms with Crippen molar-refractivity contribution in [3.05, 3.63) is 70.2 Å². The molecule has 2 aromatic carbocycles. The van der Waals surface area contributed by atoms with E-state index >= 15 is 0 Å². The Morgan fingerprint density at radius 1 is 1.15 bits per heavy atom. The molecular formula is C17H18ClNO. The van der Waals surface area contributed by atoms with Crippen molar-refractivity contribution in [2.24, 2.45) is 0 Å². The molecule has 0 aliphatic heterocycles. The highest BCUT2D eigenvalue weighted by Crippen LogP contribution is 2.24. The van der Waals surface area contributed by atoms with Crippen molar-refractivity contribution in [1.29, 1.82) is 0 Å². The van der Waals surface area contributed by atoms with Crippen LogP contribution in [-0.2, 0) is 0 Å².